The molecule has 3 nitrogen and oxygen atoms in total. The normalized spacial score (nSPS) is 10.4. The summed E-state index contributed by atoms with van der Waals surface area (Å²) >= 11 is 3.40. The first-order valence-corrected chi connectivity index (χ1v) is 4.46. The van der Waals surface area contributed by atoms with E-state index in [9.17, 15) is 0 Å². The molecular weight excluding hydrogens is 206 g/mol. The zero-order valence-corrected chi connectivity index (χ0v) is 8.13. The topological polar surface area (TPSA) is 29.9 Å². The third-order valence-electron chi connectivity index (χ3n) is 1.46. The summed E-state index contributed by atoms with van der Waals surface area (Å²) in [5.74, 6) is 0. The molecule has 0 aliphatic carbocycles. The van der Waals surface area contributed by atoms with Crippen molar-refractivity contribution in [3.8, 4) is 0 Å². The quantitative estimate of drug-likeness (QED) is 0.771. The van der Waals surface area contributed by atoms with Crippen LogP contribution in [0.15, 0.2) is 16.9 Å². The van der Waals surface area contributed by atoms with E-state index < -0.39 is 0 Å². The smallest absolute Gasteiger partial charge is 0.104 e. The third-order valence-corrected chi connectivity index (χ3v) is 2.14. The van der Waals surface area contributed by atoms with E-state index in [0.717, 1.165) is 24.1 Å². The second-order valence-electron chi connectivity index (χ2n) is 2.33. The van der Waals surface area contributed by atoms with E-state index in [1.165, 1.54) is 0 Å². The van der Waals surface area contributed by atoms with Crippen molar-refractivity contribution in [2.45, 2.75) is 13.0 Å². The van der Waals surface area contributed by atoms with Crippen LogP contribution in [0, 0.1) is 0 Å². The average molecular weight is 218 g/mol. The first-order chi connectivity index (χ1) is 5.34. The number of nitrogens with one attached hydrogen (secondary N) is 1. The van der Waals surface area contributed by atoms with Gasteiger partial charge in [-0.25, -0.2) is 0 Å². The van der Waals surface area contributed by atoms with Gasteiger partial charge in [0.15, 0.2) is 0 Å². The largest absolute Gasteiger partial charge is 0.320 e. The van der Waals surface area contributed by atoms with Gasteiger partial charge in [-0.2, -0.15) is 5.10 Å². The highest BCUT2D eigenvalue weighted by molar-refractivity contribution is 9.10. The fourth-order valence-electron chi connectivity index (χ4n) is 0.887. The molecular formula is C7H12BrN3. The van der Waals surface area contributed by atoms with Crippen molar-refractivity contribution in [2.75, 3.05) is 13.6 Å². The van der Waals surface area contributed by atoms with Gasteiger partial charge in [-0.05, 0) is 42.0 Å². The van der Waals surface area contributed by atoms with Crippen LogP contribution in [-0.4, -0.2) is 23.4 Å². The SMILES string of the molecule is CNCCCn1nccc1Br. The Morgan fingerprint density at radius 2 is 2.55 bits per heavy atom. The van der Waals surface area contributed by atoms with Crippen LogP contribution < -0.4 is 5.32 Å². The highest BCUT2D eigenvalue weighted by Crippen LogP contribution is 2.07. The van der Waals surface area contributed by atoms with Crippen molar-refractivity contribution >= 4 is 15.9 Å². The second kappa shape index (κ2) is 4.51. The molecule has 4 heteroatoms. The molecule has 1 aromatic rings. The first kappa shape index (κ1) is 8.74. The molecule has 0 unspecified atom stereocenters. The summed E-state index contributed by atoms with van der Waals surface area (Å²) in [6.45, 7) is 2.00. The van der Waals surface area contributed by atoms with E-state index in [4.69, 9.17) is 0 Å². The molecule has 11 heavy (non-hydrogen) atoms. The molecule has 0 aliphatic rings. The van der Waals surface area contributed by atoms with Crippen molar-refractivity contribution in [1.82, 2.24) is 15.1 Å². The van der Waals surface area contributed by atoms with E-state index in [0.29, 0.717) is 0 Å². The molecule has 1 rings (SSSR count). The van der Waals surface area contributed by atoms with Gasteiger partial charge in [0.2, 0.25) is 0 Å². The number of hydrogen-bond acceptors (Lipinski definition) is 2. The van der Waals surface area contributed by atoms with Crippen molar-refractivity contribution in [1.29, 1.82) is 0 Å². The lowest BCUT2D eigenvalue weighted by atomic mass is 10.4. The molecule has 0 atom stereocenters. The van der Waals surface area contributed by atoms with Crippen LogP contribution >= 0.6 is 15.9 Å². The van der Waals surface area contributed by atoms with Crippen LogP contribution in [0.4, 0.5) is 0 Å². The Morgan fingerprint density at radius 1 is 1.73 bits per heavy atom. The Morgan fingerprint density at radius 3 is 3.09 bits per heavy atom. The van der Waals surface area contributed by atoms with Crippen molar-refractivity contribution in [3.63, 3.8) is 0 Å². The highest BCUT2D eigenvalue weighted by Gasteiger charge is 1.95. The molecule has 0 bridgehead atoms. The molecule has 1 heterocycles. The van der Waals surface area contributed by atoms with Crippen LogP contribution in [0.25, 0.3) is 0 Å². The minimum atomic E-state index is 0.967. The predicted molar refractivity (Wildman–Crippen MR) is 48.5 cm³/mol. The lowest BCUT2D eigenvalue weighted by Crippen LogP contribution is -2.11. The van der Waals surface area contributed by atoms with Gasteiger partial charge in [0.05, 0.1) is 6.20 Å². The van der Waals surface area contributed by atoms with Crippen LogP contribution in [0.5, 0.6) is 0 Å². The van der Waals surface area contributed by atoms with Gasteiger partial charge in [-0.1, -0.05) is 0 Å². The number of hydrogen-bond donors (Lipinski definition) is 1. The average Bonchev–Trinajstić information content (AvgIpc) is 2.37. The molecule has 0 aliphatic heterocycles. The van der Waals surface area contributed by atoms with E-state index >= 15 is 0 Å². The molecule has 1 N–H and O–H groups in total. The maximum atomic E-state index is 4.13. The summed E-state index contributed by atoms with van der Waals surface area (Å²) in [5, 5.41) is 7.22. The summed E-state index contributed by atoms with van der Waals surface area (Å²) in [6.07, 6.45) is 2.90. The minimum absolute atomic E-state index is 0.967. The molecule has 0 amide bonds. The summed E-state index contributed by atoms with van der Waals surface area (Å²) < 4.78 is 2.99. The van der Waals surface area contributed by atoms with Gasteiger partial charge in [0.25, 0.3) is 0 Å². The van der Waals surface area contributed by atoms with Crippen LogP contribution in [-0.2, 0) is 6.54 Å². The monoisotopic (exact) mass is 217 g/mol. The Balaban J connectivity index is 2.32. The number of halogens is 1. The molecule has 0 radical (unpaired) electrons. The summed E-state index contributed by atoms with van der Waals surface area (Å²) in [4.78, 5) is 0. The van der Waals surface area contributed by atoms with Crippen LogP contribution in [0.2, 0.25) is 0 Å². The molecule has 0 fully saturated rings. The van der Waals surface area contributed by atoms with E-state index in [2.05, 4.69) is 26.3 Å². The van der Waals surface area contributed by atoms with Gasteiger partial charge in [0, 0.05) is 6.54 Å². The van der Waals surface area contributed by atoms with Crippen molar-refractivity contribution < 1.29 is 0 Å². The fourth-order valence-corrected chi connectivity index (χ4v) is 1.27. The van der Waals surface area contributed by atoms with E-state index in [1.807, 2.05) is 17.8 Å². The van der Waals surface area contributed by atoms with E-state index in [-0.39, 0.29) is 0 Å². The summed E-state index contributed by atoms with van der Waals surface area (Å²) in [7, 11) is 1.96. The number of aromatic nitrogens is 2. The third kappa shape index (κ3) is 2.63. The zero-order chi connectivity index (χ0) is 8.10. The van der Waals surface area contributed by atoms with Gasteiger partial charge in [0.1, 0.15) is 4.60 Å². The van der Waals surface area contributed by atoms with Crippen molar-refractivity contribution in [3.05, 3.63) is 16.9 Å². The van der Waals surface area contributed by atoms with Gasteiger partial charge < -0.3 is 5.32 Å². The lowest BCUT2D eigenvalue weighted by molar-refractivity contribution is 0.553. The Bertz CT molecular complexity index is 209. The lowest BCUT2D eigenvalue weighted by Gasteiger charge is -2.01. The fraction of sp³-hybridized carbons (Fsp3) is 0.571. The summed E-state index contributed by atoms with van der Waals surface area (Å²) in [6, 6.07) is 1.94. The Kier molecular flexibility index (Phi) is 3.59. The zero-order valence-electron chi connectivity index (χ0n) is 6.55. The second-order valence-corrected chi connectivity index (χ2v) is 3.15. The summed E-state index contributed by atoms with van der Waals surface area (Å²) in [5.41, 5.74) is 0. The van der Waals surface area contributed by atoms with Crippen molar-refractivity contribution in [2.24, 2.45) is 0 Å². The maximum absolute atomic E-state index is 4.13. The predicted octanol–water partition coefficient (Wildman–Crippen LogP) is 1.26. The van der Waals surface area contributed by atoms with E-state index in [1.54, 1.807) is 6.20 Å². The standard InChI is InChI=1S/C7H12BrN3/c1-9-4-2-6-11-7(8)3-5-10-11/h3,5,9H,2,4,6H2,1H3. The molecule has 1 aromatic heterocycles. The number of rotatable bonds is 4. The van der Waals surface area contributed by atoms with Gasteiger partial charge >= 0.3 is 0 Å². The van der Waals surface area contributed by atoms with Gasteiger partial charge in [-0.15, -0.1) is 0 Å². The Labute approximate surface area is 74.9 Å². The molecule has 0 aromatic carbocycles. The van der Waals surface area contributed by atoms with Crippen LogP contribution in [0.3, 0.4) is 0 Å². The highest BCUT2D eigenvalue weighted by atomic mass is 79.9. The van der Waals surface area contributed by atoms with Crippen LogP contribution in [0.1, 0.15) is 6.42 Å². The number of aryl methyl sites for hydroxylation is 1. The first-order valence-electron chi connectivity index (χ1n) is 3.66. The molecule has 0 spiro atoms. The number of nitrogens with zero attached hydrogens (tertiary/aromatic N) is 2. The molecule has 62 valence electrons. The minimum Gasteiger partial charge on any atom is -0.320 e. The molecule has 0 saturated heterocycles. The molecule has 0 saturated carbocycles. The van der Waals surface area contributed by atoms with Gasteiger partial charge in [-0.3, -0.25) is 4.68 Å². The Hall–Kier alpha value is -0.350. The maximum Gasteiger partial charge on any atom is 0.104 e.